The molecule has 2 aliphatic rings. The molecule has 1 saturated heterocycles. The van der Waals surface area contributed by atoms with E-state index in [0.717, 1.165) is 19.3 Å². The summed E-state index contributed by atoms with van der Waals surface area (Å²) in [5, 5.41) is 0.144. The first-order chi connectivity index (χ1) is 10.5. The molecule has 0 saturated carbocycles. The molecule has 9 heteroatoms. The van der Waals surface area contributed by atoms with Crippen molar-refractivity contribution in [2.75, 3.05) is 26.3 Å². The summed E-state index contributed by atoms with van der Waals surface area (Å²) in [5.74, 6) is 0.889. The van der Waals surface area contributed by atoms with Crippen molar-refractivity contribution in [2.24, 2.45) is 5.73 Å². The van der Waals surface area contributed by atoms with E-state index in [9.17, 15) is 8.42 Å². The molecule has 23 heavy (non-hydrogen) atoms. The highest BCUT2D eigenvalue weighted by molar-refractivity contribution is 7.89. The minimum atomic E-state index is -3.70. The fraction of sp³-hybridized carbons (Fsp3) is 0.571. The van der Waals surface area contributed by atoms with Gasteiger partial charge in [0.05, 0.1) is 5.02 Å². The Labute approximate surface area is 147 Å². The third-order valence-electron chi connectivity index (χ3n) is 4.03. The minimum Gasteiger partial charge on any atom is -0.486 e. The minimum absolute atomic E-state index is 0. The van der Waals surface area contributed by atoms with Crippen LogP contribution < -0.4 is 15.2 Å². The lowest BCUT2D eigenvalue weighted by Crippen LogP contribution is -2.47. The van der Waals surface area contributed by atoms with Crippen molar-refractivity contribution >= 4 is 34.0 Å². The molecule has 2 aliphatic heterocycles. The van der Waals surface area contributed by atoms with Crippen molar-refractivity contribution in [3.05, 3.63) is 17.2 Å². The van der Waals surface area contributed by atoms with Gasteiger partial charge in [-0.05, 0) is 12.8 Å². The lowest BCUT2D eigenvalue weighted by molar-refractivity contribution is 0.171. The van der Waals surface area contributed by atoms with Gasteiger partial charge in [0.1, 0.15) is 18.1 Å². The quantitative estimate of drug-likeness (QED) is 0.864. The Balaban J connectivity index is 0.00000192. The maximum atomic E-state index is 13.0. The first-order valence-corrected chi connectivity index (χ1v) is 9.17. The van der Waals surface area contributed by atoms with Gasteiger partial charge in [-0.3, -0.25) is 0 Å². The monoisotopic (exact) mass is 382 g/mol. The molecule has 1 atom stereocenters. The summed E-state index contributed by atoms with van der Waals surface area (Å²) in [5.41, 5.74) is 5.73. The molecule has 2 heterocycles. The van der Waals surface area contributed by atoms with Crippen LogP contribution in [0.1, 0.15) is 19.3 Å². The first kappa shape index (κ1) is 18.6. The number of nitrogens with two attached hydrogens (primary N) is 1. The van der Waals surface area contributed by atoms with Gasteiger partial charge in [-0.25, -0.2) is 8.42 Å². The zero-order valence-corrected chi connectivity index (χ0v) is 14.9. The number of benzene rings is 1. The van der Waals surface area contributed by atoms with E-state index in [1.165, 1.54) is 16.4 Å². The molecule has 1 aromatic rings. The standard InChI is InChI=1S/C14H19ClN2O4S.ClH/c15-11-7-12-13(21-6-5-20-12)8-14(11)22(18,19)17-4-2-1-3-10(17)9-16;/h7-8,10H,1-6,9,16H2;1H. The van der Waals surface area contributed by atoms with E-state index >= 15 is 0 Å². The zero-order chi connectivity index (χ0) is 15.7. The van der Waals surface area contributed by atoms with Gasteiger partial charge < -0.3 is 15.2 Å². The summed E-state index contributed by atoms with van der Waals surface area (Å²) in [6, 6.07) is 2.78. The van der Waals surface area contributed by atoms with Crippen molar-refractivity contribution in [1.29, 1.82) is 0 Å². The van der Waals surface area contributed by atoms with Crippen LogP contribution >= 0.6 is 24.0 Å². The van der Waals surface area contributed by atoms with E-state index in [4.69, 9.17) is 26.8 Å². The summed E-state index contributed by atoms with van der Waals surface area (Å²) >= 11 is 6.18. The molecule has 0 aliphatic carbocycles. The maximum absolute atomic E-state index is 13.0. The lowest BCUT2D eigenvalue weighted by Gasteiger charge is -2.34. The molecule has 0 amide bonds. The zero-order valence-electron chi connectivity index (χ0n) is 12.5. The van der Waals surface area contributed by atoms with Crippen LogP contribution in [0.2, 0.25) is 5.02 Å². The van der Waals surface area contributed by atoms with Crippen LogP contribution in [-0.4, -0.2) is 45.1 Å². The van der Waals surface area contributed by atoms with Crippen molar-refractivity contribution in [2.45, 2.75) is 30.2 Å². The Bertz CT molecular complexity index is 669. The van der Waals surface area contributed by atoms with Crippen molar-refractivity contribution in [3.63, 3.8) is 0 Å². The molecule has 1 unspecified atom stereocenters. The molecule has 2 N–H and O–H groups in total. The van der Waals surface area contributed by atoms with Crippen LogP contribution in [0.4, 0.5) is 0 Å². The summed E-state index contributed by atoms with van der Waals surface area (Å²) < 4.78 is 38.3. The molecule has 0 radical (unpaired) electrons. The second-order valence-electron chi connectivity index (χ2n) is 5.43. The summed E-state index contributed by atoms with van der Waals surface area (Å²) in [6.07, 6.45) is 2.60. The van der Waals surface area contributed by atoms with Crippen molar-refractivity contribution in [3.8, 4) is 11.5 Å². The fourth-order valence-corrected chi connectivity index (χ4v) is 5.11. The van der Waals surface area contributed by atoms with E-state index in [-0.39, 0.29) is 28.4 Å². The number of sulfonamides is 1. The van der Waals surface area contributed by atoms with Crippen molar-refractivity contribution < 1.29 is 17.9 Å². The number of fused-ring (bicyclic) bond motifs is 1. The van der Waals surface area contributed by atoms with E-state index in [2.05, 4.69) is 0 Å². The molecule has 3 rings (SSSR count). The summed E-state index contributed by atoms with van der Waals surface area (Å²) in [7, 11) is -3.70. The molecule has 1 aromatic carbocycles. The van der Waals surface area contributed by atoms with Gasteiger partial charge in [0.25, 0.3) is 0 Å². The second kappa shape index (κ2) is 7.44. The fourth-order valence-electron chi connectivity index (χ4n) is 2.90. The Kier molecular flexibility index (Phi) is 6.02. The average molecular weight is 383 g/mol. The predicted molar refractivity (Wildman–Crippen MR) is 90.3 cm³/mol. The normalized spacial score (nSPS) is 21.6. The molecular weight excluding hydrogens is 363 g/mol. The van der Waals surface area contributed by atoms with E-state index < -0.39 is 10.0 Å². The van der Waals surface area contributed by atoms with Crippen LogP contribution in [0.15, 0.2) is 17.0 Å². The maximum Gasteiger partial charge on any atom is 0.244 e. The number of hydrogen-bond donors (Lipinski definition) is 1. The molecule has 130 valence electrons. The van der Waals surface area contributed by atoms with Crippen LogP contribution in [0.25, 0.3) is 0 Å². The van der Waals surface area contributed by atoms with E-state index in [0.29, 0.717) is 37.8 Å². The Morgan fingerprint density at radius 3 is 2.52 bits per heavy atom. The number of rotatable bonds is 3. The van der Waals surface area contributed by atoms with Gasteiger partial charge in [-0.2, -0.15) is 4.31 Å². The van der Waals surface area contributed by atoms with Gasteiger partial charge in [-0.1, -0.05) is 18.0 Å². The smallest absolute Gasteiger partial charge is 0.244 e. The molecule has 0 aromatic heterocycles. The van der Waals surface area contributed by atoms with E-state index in [1.807, 2.05) is 0 Å². The number of hydrogen-bond acceptors (Lipinski definition) is 5. The van der Waals surface area contributed by atoms with Gasteiger partial charge in [0.2, 0.25) is 10.0 Å². The molecule has 6 nitrogen and oxygen atoms in total. The first-order valence-electron chi connectivity index (χ1n) is 7.35. The Morgan fingerprint density at radius 1 is 1.22 bits per heavy atom. The SMILES string of the molecule is Cl.NCC1CCCCN1S(=O)(=O)c1cc2c(cc1Cl)OCCO2. The van der Waals surface area contributed by atoms with Crippen LogP contribution in [0.3, 0.4) is 0 Å². The van der Waals surface area contributed by atoms with Gasteiger partial charge in [0.15, 0.2) is 11.5 Å². The Morgan fingerprint density at radius 2 is 1.87 bits per heavy atom. The van der Waals surface area contributed by atoms with Crippen molar-refractivity contribution in [1.82, 2.24) is 4.31 Å². The highest BCUT2D eigenvalue weighted by atomic mass is 35.5. The molecule has 0 bridgehead atoms. The number of nitrogens with zero attached hydrogens (tertiary/aromatic N) is 1. The van der Waals surface area contributed by atoms with Crippen LogP contribution in [0, 0.1) is 0 Å². The van der Waals surface area contributed by atoms with E-state index in [1.54, 1.807) is 0 Å². The number of halogens is 2. The largest absolute Gasteiger partial charge is 0.486 e. The second-order valence-corrected chi connectivity index (χ2v) is 7.69. The highest BCUT2D eigenvalue weighted by Crippen LogP contribution is 2.39. The van der Waals surface area contributed by atoms with Crippen LogP contribution in [-0.2, 0) is 10.0 Å². The van der Waals surface area contributed by atoms with Gasteiger partial charge in [-0.15, -0.1) is 12.4 Å². The molecular formula is C14H20Cl2N2O4S. The third-order valence-corrected chi connectivity index (χ3v) is 6.45. The lowest BCUT2D eigenvalue weighted by atomic mass is 10.1. The summed E-state index contributed by atoms with van der Waals surface area (Å²) in [4.78, 5) is 0.0544. The Hall–Kier alpha value is -0.730. The van der Waals surface area contributed by atoms with Gasteiger partial charge in [0, 0.05) is 31.3 Å². The summed E-state index contributed by atoms with van der Waals surface area (Å²) in [6.45, 7) is 1.59. The predicted octanol–water partition coefficient (Wildman–Crippen LogP) is 2.03. The van der Waals surface area contributed by atoms with Crippen LogP contribution in [0.5, 0.6) is 11.5 Å². The third kappa shape index (κ3) is 3.53. The number of piperidine rings is 1. The molecule has 1 fully saturated rings. The average Bonchev–Trinajstić information content (AvgIpc) is 2.54. The highest BCUT2D eigenvalue weighted by Gasteiger charge is 2.35. The van der Waals surface area contributed by atoms with Gasteiger partial charge >= 0.3 is 0 Å². The number of ether oxygens (including phenoxy) is 2. The molecule has 0 spiro atoms. The topological polar surface area (TPSA) is 81.9 Å².